The first-order valence-corrected chi connectivity index (χ1v) is 8.32. The van der Waals surface area contributed by atoms with Gasteiger partial charge in [-0.15, -0.1) is 0 Å². The molecular weight excluding hydrogens is 260 g/mol. The molecule has 1 aliphatic rings. The Morgan fingerprint density at radius 3 is 2.38 bits per heavy atom. The van der Waals surface area contributed by atoms with Crippen LogP contribution in [0.4, 0.5) is 5.82 Å². The highest BCUT2D eigenvalue weighted by Crippen LogP contribution is 2.25. The molecule has 0 saturated heterocycles. The predicted molar refractivity (Wildman–Crippen MR) is 88.5 cm³/mol. The van der Waals surface area contributed by atoms with Crippen LogP contribution < -0.4 is 10.2 Å². The molecule has 4 heteroatoms. The monoisotopic (exact) mass is 290 g/mol. The molecule has 1 aromatic rings. The molecule has 0 spiro atoms. The van der Waals surface area contributed by atoms with Crippen LogP contribution in [0, 0.1) is 0 Å². The van der Waals surface area contributed by atoms with Crippen molar-refractivity contribution in [3.05, 3.63) is 18.1 Å². The van der Waals surface area contributed by atoms with E-state index in [0.717, 1.165) is 24.6 Å². The Balaban J connectivity index is 1.99. The van der Waals surface area contributed by atoms with Crippen LogP contribution in [0.25, 0.3) is 0 Å². The number of aromatic nitrogens is 2. The number of anilines is 1. The largest absolute Gasteiger partial charge is 0.353 e. The second-order valence-corrected chi connectivity index (χ2v) is 7.05. The molecule has 1 aromatic heterocycles. The van der Waals surface area contributed by atoms with E-state index < -0.39 is 0 Å². The fourth-order valence-corrected chi connectivity index (χ4v) is 2.94. The lowest BCUT2D eigenvalue weighted by atomic mass is 9.94. The van der Waals surface area contributed by atoms with E-state index in [4.69, 9.17) is 0 Å². The van der Waals surface area contributed by atoms with Crippen LogP contribution >= 0.6 is 0 Å². The van der Waals surface area contributed by atoms with Crippen molar-refractivity contribution in [1.29, 1.82) is 0 Å². The minimum absolute atomic E-state index is 0.109. The number of nitrogens with zero attached hydrogens (tertiary/aromatic N) is 3. The maximum absolute atomic E-state index is 4.65. The lowest BCUT2D eigenvalue weighted by Crippen LogP contribution is -2.37. The van der Waals surface area contributed by atoms with Gasteiger partial charge in [0.05, 0.1) is 18.1 Å². The summed E-state index contributed by atoms with van der Waals surface area (Å²) in [7, 11) is 0. The van der Waals surface area contributed by atoms with Crippen molar-refractivity contribution in [3.63, 3.8) is 0 Å². The van der Waals surface area contributed by atoms with Crippen LogP contribution in [0.2, 0.25) is 0 Å². The molecule has 0 bridgehead atoms. The summed E-state index contributed by atoms with van der Waals surface area (Å²) in [6.45, 7) is 10.5. The third-order valence-electron chi connectivity index (χ3n) is 4.14. The number of hydrogen-bond donors (Lipinski definition) is 1. The van der Waals surface area contributed by atoms with Gasteiger partial charge in [0.2, 0.25) is 0 Å². The average Bonchev–Trinajstić information content (AvgIpc) is 2.47. The zero-order valence-electron chi connectivity index (χ0n) is 14.0. The fraction of sp³-hybridized carbons (Fsp3) is 0.765. The van der Waals surface area contributed by atoms with Gasteiger partial charge in [0.25, 0.3) is 0 Å². The molecule has 0 aromatic carbocycles. The Morgan fingerprint density at radius 1 is 1.14 bits per heavy atom. The normalized spacial score (nSPS) is 17.0. The van der Waals surface area contributed by atoms with Crippen molar-refractivity contribution in [3.8, 4) is 0 Å². The van der Waals surface area contributed by atoms with E-state index in [1.165, 1.54) is 32.1 Å². The van der Waals surface area contributed by atoms with E-state index in [1.54, 1.807) is 0 Å². The topological polar surface area (TPSA) is 41.1 Å². The molecule has 0 aliphatic heterocycles. The second kappa shape index (κ2) is 7.21. The molecule has 0 radical (unpaired) electrons. The zero-order valence-corrected chi connectivity index (χ0v) is 14.0. The van der Waals surface area contributed by atoms with Gasteiger partial charge >= 0.3 is 0 Å². The summed E-state index contributed by atoms with van der Waals surface area (Å²) < 4.78 is 0. The van der Waals surface area contributed by atoms with Crippen molar-refractivity contribution in [2.45, 2.75) is 77.9 Å². The standard InChI is InChI=1S/C17H30N4/c1-5-21(15-9-7-6-8-10-15)16-13-18-14(11-19-16)12-20-17(2,3)4/h11,13,15,20H,5-10,12H2,1-4H3. The highest BCUT2D eigenvalue weighted by Gasteiger charge is 2.21. The average molecular weight is 290 g/mol. The maximum atomic E-state index is 4.65. The van der Waals surface area contributed by atoms with Crippen LogP contribution in [-0.4, -0.2) is 28.1 Å². The van der Waals surface area contributed by atoms with Gasteiger partial charge in [0.1, 0.15) is 5.82 Å². The molecule has 21 heavy (non-hydrogen) atoms. The maximum Gasteiger partial charge on any atom is 0.147 e. The lowest BCUT2D eigenvalue weighted by Gasteiger charge is -2.34. The van der Waals surface area contributed by atoms with Crippen molar-refractivity contribution in [2.75, 3.05) is 11.4 Å². The fourth-order valence-electron chi connectivity index (χ4n) is 2.94. The van der Waals surface area contributed by atoms with E-state index in [9.17, 15) is 0 Å². The van der Waals surface area contributed by atoms with E-state index in [-0.39, 0.29) is 5.54 Å². The molecule has 1 N–H and O–H groups in total. The van der Waals surface area contributed by atoms with Crippen LogP contribution in [0.5, 0.6) is 0 Å². The minimum atomic E-state index is 0.109. The Morgan fingerprint density at radius 2 is 1.86 bits per heavy atom. The van der Waals surface area contributed by atoms with E-state index in [1.807, 2.05) is 12.4 Å². The summed E-state index contributed by atoms with van der Waals surface area (Å²) in [5.41, 5.74) is 1.12. The highest BCUT2D eigenvalue weighted by molar-refractivity contribution is 5.37. The van der Waals surface area contributed by atoms with E-state index in [0.29, 0.717) is 6.04 Å². The smallest absolute Gasteiger partial charge is 0.147 e. The van der Waals surface area contributed by atoms with Gasteiger partial charge < -0.3 is 10.2 Å². The molecule has 0 amide bonds. The summed E-state index contributed by atoms with van der Waals surface area (Å²) in [6, 6.07) is 0.650. The molecular formula is C17H30N4. The molecule has 2 rings (SSSR count). The van der Waals surface area contributed by atoms with Gasteiger partial charge in [-0.3, -0.25) is 4.98 Å². The van der Waals surface area contributed by atoms with Gasteiger partial charge in [0.15, 0.2) is 0 Å². The van der Waals surface area contributed by atoms with Crippen LogP contribution in [0.15, 0.2) is 12.4 Å². The Labute approximate surface area is 129 Å². The van der Waals surface area contributed by atoms with Gasteiger partial charge in [-0.2, -0.15) is 0 Å². The summed E-state index contributed by atoms with van der Waals surface area (Å²) in [5.74, 6) is 1.03. The van der Waals surface area contributed by atoms with Gasteiger partial charge in [-0.25, -0.2) is 4.98 Å². The van der Waals surface area contributed by atoms with Crippen molar-refractivity contribution in [2.24, 2.45) is 0 Å². The molecule has 1 aliphatic carbocycles. The SMILES string of the molecule is CCN(c1cnc(CNC(C)(C)C)cn1)C1CCCCC1. The number of nitrogens with one attached hydrogen (secondary N) is 1. The van der Waals surface area contributed by atoms with Crippen LogP contribution in [-0.2, 0) is 6.54 Å². The van der Waals surface area contributed by atoms with E-state index >= 15 is 0 Å². The molecule has 4 nitrogen and oxygen atoms in total. The molecule has 118 valence electrons. The first kappa shape index (κ1) is 16.2. The van der Waals surface area contributed by atoms with Crippen molar-refractivity contribution >= 4 is 5.82 Å². The summed E-state index contributed by atoms with van der Waals surface area (Å²) in [4.78, 5) is 11.7. The summed E-state index contributed by atoms with van der Waals surface area (Å²) in [6.07, 6.45) is 10.5. The van der Waals surface area contributed by atoms with E-state index in [2.05, 4.69) is 47.9 Å². The zero-order chi connectivity index (χ0) is 15.3. The Kier molecular flexibility index (Phi) is 5.57. The minimum Gasteiger partial charge on any atom is -0.353 e. The molecule has 1 heterocycles. The molecule has 1 saturated carbocycles. The lowest BCUT2D eigenvalue weighted by molar-refractivity contribution is 0.414. The molecule has 1 fully saturated rings. The Hall–Kier alpha value is -1.16. The summed E-state index contributed by atoms with van der Waals surface area (Å²) in [5, 5.41) is 3.45. The molecule has 0 atom stereocenters. The predicted octanol–water partition coefficient (Wildman–Crippen LogP) is 3.52. The Bertz CT molecular complexity index is 415. The third kappa shape index (κ3) is 4.95. The van der Waals surface area contributed by atoms with Crippen molar-refractivity contribution < 1.29 is 0 Å². The summed E-state index contributed by atoms with van der Waals surface area (Å²) >= 11 is 0. The number of rotatable bonds is 5. The van der Waals surface area contributed by atoms with Crippen molar-refractivity contribution in [1.82, 2.24) is 15.3 Å². The highest BCUT2D eigenvalue weighted by atomic mass is 15.2. The second-order valence-electron chi connectivity index (χ2n) is 7.05. The third-order valence-corrected chi connectivity index (χ3v) is 4.14. The van der Waals surface area contributed by atoms with Crippen LogP contribution in [0.3, 0.4) is 0 Å². The quantitative estimate of drug-likeness (QED) is 0.901. The molecule has 0 unspecified atom stereocenters. The first-order chi connectivity index (χ1) is 9.99. The first-order valence-electron chi connectivity index (χ1n) is 8.32. The van der Waals surface area contributed by atoms with Gasteiger partial charge in [-0.1, -0.05) is 19.3 Å². The number of hydrogen-bond acceptors (Lipinski definition) is 4. The van der Waals surface area contributed by atoms with Gasteiger partial charge in [-0.05, 0) is 40.5 Å². The van der Waals surface area contributed by atoms with Crippen LogP contribution in [0.1, 0.15) is 65.5 Å². The van der Waals surface area contributed by atoms with Gasteiger partial charge in [0, 0.05) is 24.7 Å².